The van der Waals surface area contributed by atoms with Crippen LogP contribution in [0.5, 0.6) is 0 Å². The van der Waals surface area contributed by atoms with Gasteiger partial charge in [0.15, 0.2) is 0 Å². The molecule has 1 heterocycles. The lowest BCUT2D eigenvalue weighted by Gasteiger charge is -2.21. The van der Waals surface area contributed by atoms with Gasteiger partial charge in [0, 0.05) is 11.3 Å². The Bertz CT molecular complexity index is 1090. The molecule has 3 rings (SSSR count). The van der Waals surface area contributed by atoms with Gasteiger partial charge in [0.1, 0.15) is 11.0 Å². The zero-order chi connectivity index (χ0) is 22.5. The summed E-state index contributed by atoms with van der Waals surface area (Å²) >= 11 is 1.29. The summed E-state index contributed by atoms with van der Waals surface area (Å²) in [5, 5.41) is 17.7. The molecule has 3 amide bonds. The van der Waals surface area contributed by atoms with E-state index in [-0.39, 0.29) is 11.8 Å². The Labute approximate surface area is 186 Å². The molecule has 31 heavy (non-hydrogen) atoms. The quantitative estimate of drug-likeness (QED) is 0.510. The molecule has 0 aliphatic heterocycles. The first kappa shape index (κ1) is 22.4. The van der Waals surface area contributed by atoms with Gasteiger partial charge < -0.3 is 10.6 Å². The van der Waals surface area contributed by atoms with E-state index < -0.39 is 12.1 Å². The summed E-state index contributed by atoms with van der Waals surface area (Å²) in [5.74, 6) is -0.452. The molecule has 0 aliphatic rings. The highest BCUT2D eigenvalue weighted by Gasteiger charge is 2.25. The molecular formula is C23H27N5O2S. The van der Waals surface area contributed by atoms with E-state index in [0.29, 0.717) is 10.8 Å². The standard InChI is InChI=1S/C23H27N5O2S/c1-13(2)19(25-22(30)24-18-10-9-15(4)11-16(18)5)20(29)26-23-28-27-21(31-23)17-8-6-7-14(3)12-17/h6-13,19H,1-5H3,(H2,24,25,30)(H,26,28,29). The van der Waals surface area contributed by atoms with Crippen LogP contribution in [0.3, 0.4) is 0 Å². The average Bonchev–Trinajstić information content (AvgIpc) is 3.16. The summed E-state index contributed by atoms with van der Waals surface area (Å²) in [5.41, 5.74) is 4.85. The fraction of sp³-hybridized carbons (Fsp3) is 0.304. The molecule has 0 fully saturated rings. The second-order valence-corrected chi connectivity index (χ2v) is 8.89. The van der Waals surface area contributed by atoms with E-state index in [1.807, 2.05) is 77.1 Å². The highest BCUT2D eigenvalue weighted by atomic mass is 32.1. The van der Waals surface area contributed by atoms with Crippen molar-refractivity contribution in [3.05, 3.63) is 59.2 Å². The van der Waals surface area contributed by atoms with Crippen LogP contribution in [0.15, 0.2) is 42.5 Å². The van der Waals surface area contributed by atoms with Crippen LogP contribution in [-0.4, -0.2) is 28.2 Å². The van der Waals surface area contributed by atoms with Crippen molar-refractivity contribution in [1.29, 1.82) is 0 Å². The average molecular weight is 438 g/mol. The predicted molar refractivity (Wildman–Crippen MR) is 125 cm³/mol. The molecule has 7 nitrogen and oxygen atoms in total. The number of aromatic nitrogens is 2. The van der Waals surface area contributed by atoms with E-state index in [1.165, 1.54) is 11.3 Å². The van der Waals surface area contributed by atoms with Gasteiger partial charge in [-0.2, -0.15) is 0 Å². The van der Waals surface area contributed by atoms with E-state index in [2.05, 4.69) is 26.1 Å². The molecule has 162 valence electrons. The lowest BCUT2D eigenvalue weighted by Crippen LogP contribution is -2.48. The third-order valence-corrected chi connectivity index (χ3v) is 5.67. The van der Waals surface area contributed by atoms with Crippen molar-refractivity contribution in [2.45, 2.75) is 40.7 Å². The van der Waals surface area contributed by atoms with Crippen LogP contribution in [0.4, 0.5) is 15.6 Å². The van der Waals surface area contributed by atoms with Gasteiger partial charge in [-0.15, -0.1) is 10.2 Å². The van der Waals surface area contributed by atoms with Gasteiger partial charge in [0.05, 0.1) is 0 Å². The van der Waals surface area contributed by atoms with Crippen molar-refractivity contribution in [2.75, 3.05) is 10.6 Å². The minimum Gasteiger partial charge on any atom is -0.326 e. The lowest BCUT2D eigenvalue weighted by atomic mass is 10.0. The summed E-state index contributed by atoms with van der Waals surface area (Å²) in [6.45, 7) is 9.68. The number of nitrogens with one attached hydrogen (secondary N) is 3. The number of hydrogen-bond acceptors (Lipinski definition) is 5. The van der Waals surface area contributed by atoms with E-state index in [9.17, 15) is 9.59 Å². The van der Waals surface area contributed by atoms with Crippen LogP contribution in [0.25, 0.3) is 10.6 Å². The van der Waals surface area contributed by atoms with Gasteiger partial charge in [-0.3, -0.25) is 10.1 Å². The molecule has 3 aromatic rings. The van der Waals surface area contributed by atoms with E-state index >= 15 is 0 Å². The van der Waals surface area contributed by atoms with Gasteiger partial charge in [-0.1, -0.05) is 66.6 Å². The number of amides is 3. The zero-order valence-corrected chi connectivity index (χ0v) is 19.1. The molecule has 1 atom stereocenters. The minimum absolute atomic E-state index is 0.117. The smallest absolute Gasteiger partial charge is 0.319 e. The Morgan fingerprint density at radius 3 is 2.35 bits per heavy atom. The Hall–Kier alpha value is -3.26. The van der Waals surface area contributed by atoms with Crippen molar-refractivity contribution in [3.63, 3.8) is 0 Å². The second-order valence-electron chi connectivity index (χ2n) is 7.91. The molecule has 1 aromatic heterocycles. The Kier molecular flexibility index (Phi) is 7.02. The number of carbonyl (C=O) groups is 2. The second kappa shape index (κ2) is 9.70. The Morgan fingerprint density at radius 1 is 0.935 bits per heavy atom. The lowest BCUT2D eigenvalue weighted by molar-refractivity contribution is -0.118. The van der Waals surface area contributed by atoms with E-state index in [1.54, 1.807) is 0 Å². The number of nitrogens with zero attached hydrogens (tertiary/aromatic N) is 2. The molecule has 0 aliphatic carbocycles. The maximum absolute atomic E-state index is 12.8. The van der Waals surface area contributed by atoms with E-state index in [4.69, 9.17) is 0 Å². The number of aryl methyl sites for hydroxylation is 3. The third-order valence-electron chi connectivity index (χ3n) is 4.79. The van der Waals surface area contributed by atoms with Gasteiger partial charge in [-0.25, -0.2) is 4.79 Å². The number of hydrogen-bond donors (Lipinski definition) is 3. The molecular weight excluding hydrogens is 410 g/mol. The molecule has 1 unspecified atom stereocenters. The summed E-state index contributed by atoms with van der Waals surface area (Å²) in [6, 6.07) is 12.5. The van der Waals surface area contributed by atoms with E-state index in [0.717, 1.165) is 27.3 Å². The molecule has 0 bridgehead atoms. The van der Waals surface area contributed by atoms with Gasteiger partial charge in [0.2, 0.25) is 11.0 Å². The predicted octanol–water partition coefficient (Wildman–Crippen LogP) is 4.92. The minimum atomic E-state index is -0.725. The van der Waals surface area contributed by atoms with Gasteiger partial charge in [0.25, 0.3) is 0 Å². The van der Waals surface area contributed by atoms with Crippen molar-refractivity contribution in [2.24, 2.45) is 5.92 Å². The molecule has 8 heteroatoms. The third kappa shape index (κ3) is 5.88. The Morgan fingerprint density at radius 2 is 1.68 bits per heavy atom. The normalized spacial score (nSPS) is 11.8. The first-order valence-corrected chi connectivity index (χ1v) is 10.9. The first-order valence-electron chi connectivity index (χ1n) is 10.1. The number of anilines is 2. The largest absolute Gasteiger partial charge is 0.326 e. The maximum atomic E-state index is 12.8. The molecule has 0 radical (unpaired) electrons. The van der Waals surface area contributed by atoms with Crippen LogP contribution in [-0.2, 0) is 4.79 Å². The molecule has 0 saturated carbocycles. The van der Waals surface area contributed by atoms with Crippen molar-refractivity contribution >= 4 is 34.1 Å². The van der Waals surface area contributed by atoms with Crippen molar-refractivity contribution < 1.29 is 9.59 Å². The summed E-state index contributed by atoms with van der Waals surface area (Å²) in [4.78, 5) is 25.4. The van der Waals surface area contributed by atoms with Crippen LogP contribution in [0.1, 0.15) is 30.5 Å². The fourth-order valence-electron chi connectivity index (χ4n) is 3.14. The monoisotopic (exact) mass is 437 g/mol. The first-order chi connectivity index (χ1) is 14.7. The summed E-state index contributed by atoms with van der Waals surface area (Å²) in [7, 11) is 0. The maximum Gasteiger partial charge on any atom is 0.319 e. The summed E-state index contributed by atoms with van der Waals surface area (Å²) < 4.78 is 0. The fourth-order valence-corrected chi connectivity index (χ4v) is 3.88. The Balaban J connectivity index is 1.66. The highest BCUT2D eigenvalue weighted by Crippen LogP contribution is 2.27. The molecule has 3 N–H and O–H groups in total. The van der Waals surface area contributed by atoms with Crippen molar-refractivity contribution in [1.82, 2.24) is 15.5 Å². The van der Waals surface area contributed by atoms with Crippen LogP contribution < -0.4 is 16.0 Å². The van der Waals surface area contributed by atoms with Crippen LogP contribution in [0.2, 0.25) is 0 Å². The van der Waals surface area contributed by atoms with Crippen LogP contribution >= 0.6 is 11.3 Å². The highest BCUT2D eigenvalue weighted by molar-refractivity contribution is 7.18. The number of carbonyl (C=O) groups excluding carboxylic acids is 2. The topological polar surface area (TPSA) is 96.0 Å². The number of urea groups is 1. The van der Waals surface area contributed by atoms with Gasteiger partial charge in [-0.05, 0) is 44.4 Å². The number of rotatable bonds is 6. The SMILES string of the molecule is Cc1cccc(-c2nnc(NC(=O)C(NC(=O)Nc3ccc(C)cc3C)C(C)C)s2)c1. The number of benzene rings is 2. The van der Waals surface area contributed by atoms with Gasteiger partial charge >= 0.3 is 6.03 Å². The zero-order valence-electron chi connectivity index (χ0n) is 18.3. The summed E-state index contributed by atoms with van der Waals surface area (Å²) in [6.07, 6.45) is 0. The molecule has 0 spiro atoms. The van der Waals surface area contributed by atoms with Crippen molar-refractivity contribution in [3.8, 4) is 10.6 Å². The molecule has 0 saturated heterocycles. The molecule has 2 aromatic carbocycles. The van der Waals surface area contributed by atoms with Crippen LogP contribution in [0, 0.1) is 26.7 Å².